The number of nitrogens with zero attached hydrogens (tertiary/aromatic N) is 1. The van der Waals surface area contributed by atoms with Crippen molar-refractivity contribution >= 4 is 29.7 Å². The van der Waals surface area contributed by atoms with Gasteiger partial charge in [-0.15, -0.1) is 23.7 Å². The predicted octanol–water partition coefficient (Wildman–Crippen LogP) is 2.50. The number of aromatic nitrogens is 1. The molecular formula is C10H15ClF3N3OS. The van der Waals surface area contributed by atoms with Crippen molar-refractivity contribution in [2.24, 2.45) is 5.73 Å². The van der Waals surface area contributed by atoms with E-state index in [1.807, 2.05) is 0 Å². The van der Waals surface area contributed by atoms with Gasteiger partial charge in [0.2, 0.25) is 5.91 Å². The van der Waals surface area contributed by atoms with Crippen LogP contribution in [-0.2, 0) is 11.0 Å². The van der Waals surface area contributed by atoms with Gasteiger partial charge in [-0.1, -0.05) is 6.92 Å². The number of carbonyl (C=O) groups is 1. The van der Waals surface area contributed by atoms with Crippen LogP contribution in [0, 0.1) is 0 Å². The van der Waals surface area contributed by atoms with E-state index in [0.29, 0.717) is 6.42 Å². The van der Waals surface area contributed by atoms with Crippen LogP contribution in [0.3, 0.4) is 0 Å². The van der Waals surface area contributed by atoms with Gasteiger partial charge in [-0.2, -0.15) is 13.2 Å². The van der Waals surface area contributed by atoms with E-state index in [9.17, 15) is 18.0 Å². The van der Waals surface area contributed by atoms with Crippen LogP contribution >= 0.6 is 23.7 Å². The zero-order chi connectivity index (χ0) is 13.8. The number of nitrogens with one attached hydrogen (secondary N) is 1. The Kier molecular flexibility index (Phi) is 7.32. The van der Waals surface area contributed by atoms with E-state index < -0.39 is 17.9 Å². The summed E-state index contributed by atoms with van der Waals surface area (Å²) < 4.78 is 37.2. The van der Waals surface area contributed by atoms with Crippen molar-refractivity contribution in [3.63, 3.8) is 0 Å². The first-order valence-electron chi connectivity index (χ1n) is 5.40. The summed E-state index contributed by atoms with van der Waals surface area (Å²) in [7, 11) is 0. The number of rotatable bonds is 5. The average molecular weight is 318 g/mol. The highest BCUT2D eigenvalue weighted by Crippen LogP contribution is 2.32. The van der Waals surface area contributed by atoms with Crippen LogP contribution in [0.25, 0.3) is 0 Å². The molecule has 0 aliphatic rings. The predicted molar refractivity (Wildman–Crippen MR) is 69.2 cm³/mol. The fourth-order valence-electron chi connectivity index (χ4n) is 1.31. The Morgan fingerprint density at radius 3 is 2.63 bits per heavy atom. The van der Waals surface area contributed by atoms with Crippen LogP contribution < -0.4 is 11.1 Å². The van der Waals surface area contributed by atoms with Crippen LogP contribution in [0.4, 0.5) is 13.2 Å². The maximum Gasteiger partial charge on any atom is 0.434 e. The molecule has 1 heterocycles. The monoisotopic (exact) mass is 317 g/mol. The van der Waals surface area contributed by atoms with Gasteiger partial charge >= 0.3 is 6.18 Å². The highest BCUT2D eigenvalue weighted by atomic mass is 35.5. The van der Waals surface area contributed by atoms with Crippen molar-refractivity contribution in [1.29, 1.82) is 0 Å². The second-order valence-corrected chi connectivity index (χ2v) is 4.53. The van der Waals surface area contributed by atoms with Gasteiger partial charge in [0.25, 0.3) is 0 Å². The van der Waals surface area contributed by atoms with Gasteiger partial charge in [0.15, 0.2) is 5.69 Å². The van der Waals surface area contributed by atoms with E-state index >= 15 is 0 Å². The van der Waals surface area contributed by atoms with Crippen molar-refractivity contribution in [3.05, 3.63) is 16.1 Å². The van der Waals surface area contributed by atoms with Crippen LogP contribution in [0.2, 0.25) is 0 Å². The molecule has 1 rings (SSSR count). The number of halogens is 4. The maximum atomic E-state index is 12.4. The molecule has 0 spiro atoms. The Hall–Kier alpha value is -0.860. The molecular weight excluding hydrogens is 303 g/mol. The SMILES string of the molecule is CCC(NC(=O)CCN)c1nc(C(F)(F)F)cs1.Cl. The lowest BCUT2D eigenvalue weighted by atomic mass is 10.2. The molecule has 0 bridgehead atoms. The van der Waals surface area contributed by atoms with E-state index in [2.05, 4.69) is 10.3 Å². The Balaban J connectivity index is 0.00000324. The molecule has 0 fully saturated rings. The summed E-state index contributed by atoms with van der Waals surface area (Å²) in [4.78, 5) is 14.9. The third kappa shape index (κ3) is 5.33. The number of hydrogen-bond donors (Lipinski definition) is 2. The molecule has 1 atom stereocenters. The molecule has 1 unspecified atom stereocenters. The molecule has 3 N–H and O–H groups in total. The van der Waals surface area contributed by atoms with Gasteiger partial charge in [-0.3, -0.25) is 4.79 Å². The normalized spacial score (nSPS) is 12.7. The molecule has 1 aromatic heterocycles. The van der Waals surface area contributed by atoms with E-state index in [-0.39, 0.29) is 36.3 Å². The summed E-state index contributed by atoms with van der Waals surface area (Å²) >= 11 is 0.892. The summed E-state index contributed by atoms with van der Waals surface area (Å²) in [5.74, 6) is -0.284. The maximum absolute atomic E-state index is 12.4. The fraction of sp³-hybridized carbons (Fsp3) is 0.600. The molecule has 110 valence electrons. The Morgan fingerprint density at radius 2 is 2.21 bits per heavy atom. The highest BCUT2D eigenvalue weighted by molar-refractivity contribution is 7.09. The molecule has 19 heavy (non-hydrogen) atoms. The fourth-order valence-corrected chi connectivity index (χ4v) is 2.27. The smallest absolute Gasteiger partial charge is 0.347 e. The zero-order valence-electron chi connectivity index (χ0n) is 10.2. The third-order valence-electron chi connectivity index (χ3n) is 2.23. The third-order valence-corrected chi connectivity index (χ3v) is 3.18. The number of alkyl halides is 3. The molecule has 1 aromatic rings. The van der Waals surface area contributed by atoms with E-state index in [1.54, 1.807) is 6.92 Å². The van der Waals surface area contributed by atoms with Crippen LogP contribution in [-0.4, -0.2) is 17.4 Å². The molecule has 0 saturated heterocycles. The molecule has 1 amide bonds. The van der Waals surface area contributed by atoms with Crippen molar-refractivity contribution in [2.75, 3.05) is 6.54 Å². The summed E-state index contributed by atoms with van der Waals surface area (Å²) in [5.41, 5.74) is 4.30. The first-order valence-corrected chi connectivity index (χ1v) is 6.28. The zero-order valence-corrected chi connectivity index (χ0v) is 11.8. The molecule has 9 heteroatoms. The summed E-state index contributed by atoms with van der Waals surface area (Å²) in [6.45, 7) is 1.97. The topological polar surface area (TPSA) is 68.0 Å². The van der Waals surface area contributed by atoms with Gasteiger partial charge in [0.05, 0.1) is 6.04 Å². The lowest BCUT2D eigenvalue weighted by Crippen LogP contribution is -2.29. The largest absolute Gasteiger partial charge is 0.434 e. The number of thiazole rings is 1. The summed E-state index contributed by atoms with van der Waals surface area (Å²) in [5, 5.41) is 3.82. The number of amides is 1. The van der Waals surface area contributed by atoms with Crippen molar-refractivity contribution in [3.8, 4) is 0 Å². The van der Waals surface area contributed by atoms with Crippen molar-refractivity contribution in [2.45, 2.75) is 32.0 Å². The van der Waals surface area contributed by atoms with Crippen LogP contribution in [0.1, 0.15) is 36.5 Å². The second kappa shape index (κ2) is 7.66. The first kappa shape index (κ1) is 18.1. The quantitative estimate of drug-likeness (QED) is 0.876. The number of hydrogen-bond acceptors (Lipinski definition) is 4. The van der Waals surface area contributed by atoms with Gasteiger partial charge in [-0.25, -0.2) is 4.98 Å². The van der Waals surface area contributed by atoms with Crippen molar-refractivity contribution < 1.29 is 18.0 Å². The molecule has 0 radical (unpaired) electrons. The Morgan fingerprint density at radius 1 is 1.58 bits per heavy atom. The minimum Gasteiger partial charge on any atom is -0.347 e. The first-order chi connectivity index (χ1) is 8.38. The molecule has 0 aliphatic heterocycles. The van der Waals surface area contributed by atoms with E-state index in [1.165, 1.54) is 0 Å². The highest BCUT2D eigenvalue weighted by Gasteiger charge is 2.34. The standard InChI is InChI=1S/C10H14F3N3OS.ClH/c1-2-6(15-8(17)3-4-14)9-16-7(5-18-9)10(11,12)13;/h5-6H,2-4,14H2,1H3,(H,15,17);1H. The average Bonchev–Trinajstić information content (AvgIpc) is 2.75. The number of nitrogens with two attached hydrogens (primary N) is 1. The Labute approximate surface area is 119 Å². The van der Waals surface area contributed by atoms with Crippen LogP contribution in [0.5, 0.6) is 0 Å². The van der Waals surface area contributed by atoms with Gasteiger partial charge < -0.3 is 11.1 Å². The van der Waals surface area contributed by atoms with Crippen LogP contribution in [0.15, 0.2) is 5.38 Å². The minimum absolute atomic E-state index is 0. The van der Waals surface area contributed by atoms with E-state index in [0.717, 1.165) is 16.7 Å². The lowest BCUT2D eigenvalue weighted by molar-refractivity contribution is -0.140. The summed E-state index contributed by atoms with van der Waals surface area (Å²) in [6, 6.07) is -0.495. The lowest BCUT2D eigenvalue weighted by Gasteiger charge is -2.14. The van der Waals surface area contributed by atoms with Crippen molar-refractivity contribution in [1.82, 2.24) is 10.3 Å². The minimum atomic E-state index is -4.45. The molecule has 4 nitrogen and oxygen atoms in total. The number of carbonyl (C=O) groups excluding carboxylic acids is 1. The molecule has 0 saturated carbocycles. The van der Waals surface area contributed by atoms with E-state index in [4.69, 9.17) is 5.73 Å². The molecule has 0 aliphatic carbocycles. The Bertz CT molecular complexity index is 411. The van der Waals surface area contributed by atoms with Gasteiger partial charge in [0.1, 0.15) is 5.01 Å². The van der Waals surface area contributed by atoms with Gasteiger partial charge in [-0.05, 0) is 6.42 Å². The molecule has 0 aromatic carbocycles. The summed E-state index contributed by atoms with van der Waals surface area (Å²) in [6.07, 6.45) is -3.83. The van der Waals surface area contributed by atoms with Gasteiger partial charge in [0, 0.05) is 18.3 Å². The second-order valence-electron chi connectivity index (χ2n) is 3.64.